The molecule has 2 aromatic carbocycles. The Labute approximate surface area is 183 Å². The van der Waals surface area contributed by atoms with E-state index in [0.29, 0.717) is 22.9 Å². The Morgan fingerprint density at radius 2 is 2.03 bits per heavy atom. The van der Waals surface area contributed by atoms with Crippen LogP contribution < -0.4 is 5.32 Å². The fourth-order valence-electron chi connectivity index (χ4n) is 3.46. The largest absolute Gasteiger partial charge is 0.359 e. The summed E-state index contributed by atoms with van der Waals surface area (Å²) in [5, 5.41) is 6.76. The predicted octanol–water partition coefficient (Wildman–Crippen LogP) is 5.71. The molecule has 1 heterocycles. The van der Waals surface area contributed by atoms with E-state index < -0.39 is 5.82 Å². The van der Waals surface area contributed by atoms with Gasteiger partial charge < -0.3 is 9.84 Å². The Morgan fingerprint density at radius 1 is 1.20 bits per heavy atom. The Balaban J connectivity index is 1.38. The number of halogens is 2. The van der Waals surface area contributed by atoms with Crippen LogP contribution >= 0.6 is 15.9 Å². The number of hydrogen-bond donors (Lipinski definition) is 1. The molecule has 1 amide bonds. The van der Waals surface area contributed by atoms with Crippen LogP contribution in [0.4, 0.5) is 4.39 Å². The van der Waals surface area contributed by atoms with Gasteiger partial charge in [-0.3, -0.25) is 4.79 Å². The Kier molecular flexibility index (Phi) is 6.29. The van der Waals surface area contributed by atoms with Crippen LogP contribution in [0.25, 0.3) is 11.3 Å². The third-order valence-electron chi connectivity index (χ3n) is 5.10. The number of rotatable bonds is 4. The van der Waals surface area contributed by atoms with Gasteiger partial charge in [-0.25, -0.2) is 4.39 Å². The minimum absolute atomic E-state index is 0.157. The van der Waals surface area contributed by atoms with Gasteiger partial charge in [-0.1, -0.05) is 57.9 Å². The van der Waals surface area contributed by atoms with Crippen molar-refractivity contribution in [2.75, 3.05) is 0 Å². The first kappa shape index (κ1) is 20.4. The zero-order chi connectivity index (χ0) is 20.9. The lowest BCUT2D eigenvalue weighted by Gasteiger charge is -2.04. The quantitative estimate of drug-likeness (QED) is 0.500. The molecule has 1 fully saturated rings. The highest BCUT2D eigenvalue weighted by atomic mass is 79.9. The second-order valence-electron chi connectivity index (χ2n) is 7.32. The van der Waals surface area contributed by atoms with Crippen LogP contribution in [0, 0.1) is 23.6 Å². The van der Waals surface area contributed by atoms with E-state index in [2.05, 4.69) is 38.2 Å². The number of nitrogens with zero attached hydrogens (tertiary/aromatic N) is 1. The van der Waals surface area contributed by atoms with Gasteiger partial charge in [0.15, 0.2) is 5.76 Å². The number of carbonyl (C=O) groups excluding carboxylic acids is 1. The first-order chi connectivity index (χ1) is 14.6. The smallest absolute Gasteiger partial charge is 0.251 e. The molecular weight excluding hydrogens is 447 g/mol. The topological polar surface area (TPSA) is 55.1 Å². The van der Waals surface area contributed by atoms with Crippen molar-refractivity contribution < 1.29 is 13.7 Å². The maximum absolute atomic E-state index is 14.4. The molecule has 0 spiro atoms. The van der Waals surface area contributed by atoms with E-state index in [1.165, 1.54) is 18.9 Å². The molecule has 1 saturated carbocycles. The summed E-state index contributed by atoms with van der Waals surface area (Å²) in [6, 6.07) is 13.8. The van der Waals surface area contributed by atoms with Crippen molar-refractivity contribution in [3.63, 3.8) is 0 Å². The average Bonchev–Trinajstić information content (AvgIpc) is 3.43. The van der Waals surface area contributed by atoms with Crippen molar-refractivity contribution in [2.45, 2.75) is 32.2 Å². The first-order valence-corrected chi connectivity index (χ1v) is 10.7. The van der Waals surface area contributed by atoms with E-state index >= 15 is 0 Å². The predicted molar refractivity (Wildman–Crippen MR) is 116 cm³/mol. The van der Waals surface area contributed by atoms with Crippen molar-refractivity contribution in [1.29, 1.82) is 0 Å². The van der Waals surface area contributed by atoms with Gasteiger partial charge in [0.05, 0.1) is 12.1 Å². The van der Waals surface area contributed by atoms with Crippen LogP contribution in [0.15, 0.2) is 57.5 Å². The molecular formula is C24H20BrFN2O2. The first-order valence-electron chi connectivity index (χ1n) is 9.89. The summed E-state index contributed by atoms with van der Waals surface area (Å²) in [5.74, 6) is 6.06. The molecule has 0 atom stereocenters. The van der Waals surface area contributed by atoms with Gasteiger partial charge in [-0.05, 0) is 43.2 Å². The normalized spacial score (nSPS) is 13.7. The summed E-state index contributed by atoms with van der Waals surface area (Å²) < 4.78 is 20.6. The Bertz CT molecular complexity index is 1120. The van der Waals surface area contributed by atoms with Crippen molar-refractivity contribution in [1.82, 2.24) is 10.5 Å². The van der Waals surface area contributed by atoms with Gasteiger partial charge >= 0.3 is 0 Å². The molecule has 3 aromatic rings. The highest BCUT2D eigenvalue weighted by molar-refractivity contribution is 9.10. The van der Waals surface area contributed by atoms with E-state index in [9.17, 15) is 9.18 Å². The van der Waals surface area contributed by atoms with E-state index in [1.54, 1.807) is 18.2 Å². The summed E-state index contributed by atoms with van der Waals surface area (Å²) in [5.41, 5.74) is 2.15. The van der Waals surface area contributed by atoms with Crippen molar-refractivity contribution in [2.24, 2.45) is 5.92 Å². The van der Waals surface area contributed by atoms with Crippen LogP contribution in [0.5, 0.6) is 0 Å². The lowest BCUT2D eigenvalue weighted by Crippen LogP contribution is -2.22. The third-order valence-corrected chi connectivity index (χ3v) is 5.59. The highest BCUT2D eigenvalue weighted by Gasteiger charge is 2.13. The minimum atomic E-state index is -0.482. The molecule has 0 saturated heterocycles. The average molecular weight is 467 g/mol. The summed E-state index contributed by atoms with van der Waals surface area (Å²) >= 11 is 3.43. The lowest BCUT2D eigenvalue weighted by molar-refractivity contribution is 0.0946. The third kappa shape index (κ3) is 4.98. The highest BCUT2D eigenvalue weighted by Crippen LogP contribution is 2.24. The molecule has 30 heavy (non-hydrogen) atoms. The summed E-state index contributed by atoms with van der Waals surface area (Å²) in [6.45, 7) is 0.157. The molecule has 4 nitrogen and oxygen atoms in total. The number of amides is 1. The fraction of sp³-hybridized carbons (Fsp3) is 0.250. The fourth-order valence-corrected chi connectivity index (χ4v) is 3.86. The van der Waals surface area contributed by atoms with Crippen molar-refractivity contribution in [3.8, 4) is 23.1 Å². The van der Waals surface area contributed by atoms with Gasteiger partial charge in [0.25, 0.3) is 5.91 Å². The van der Waals surface area contributed by atoms with Gasteiger partial charge in [-0.2, -0.15) is 0 Å². The van der Waals surface area contributed by atoms with Gasteiger partial charge in [0, 0.05) is 27.6 Å². The van der Waals surface area contributed by atoms with Crippen molar-refractivity contribution in [3.05, 3.63) is 75.7 Å². The van der Waals surface area contributed by atoms with Crippen LogP contribution in [-0.2, 0) is 6.54 Å². The van der Waals surface area contributed by atoms with E-state index in [1.807, 2.05) is 24.3 Å². The van der Waals surface area contributed by atoms with Gasteiger partial charge in [-0.15, -0.1) is 0 Å². The maximum atomic E-state index is 14.4. The Hall–Kier alpha value is -2.91. The summed E-state index contributed by atoms with van der Waals surface area (Å²) in [7, 11) is 0. The van der Waals surface area contributed by atoms with Crippen molar-refractivity contribution >= 4 is 21.8 Å². The number of hydrogen-bond acceptors (Lipinski definition) is 3. The minimum Gasteiger partial charge on any atom is -0.359 e. The van der Waals surface area contributed by atoms with E-state index in [-0.39, 0.29) is 18.0 Å². The second-order valence-corrected chi connectivity index (χ2v) is 8.23. The maximum Gasteiger partial charge on any atom is 0.251 e. The van der Waals surface area contributed by atoms with Gasteiger partial charge in [0.2, 0.25) is 0 Å². The molecule has 1 N–H and O–H groups in total. The molecule has 0 aliphatic heterocycles. The van der Waals surface area contributed by atoms with E-state index in [4.69, 9.17) is 4.52 Å². The zero-order valence-corrected chi connectivity index (χ0v) is 17.8. The molecule has 152 valence electrons. The molecule has 1 aliphatic carbocycles. The summed E-state index contributed by atoms with van der Waals surface area (Å²) in [6.07, 6.45) is 4.55. The standard InChI is InChI=1S/C24H20BrFN2O2/c25-20-7-3-6-18(12-20)23-14-21(30-28-23)15-27-24(29)19-11-10-17(22(26)13-19)9-8-16-4-1-2-5-16/h3,6-7,10-14,16H,1-2,4-5,15H2,(H,27,29). The molecule has 6 heteroatoms. The lowest BCUT2D eigenvalue weighted by atomic mass is 10.1. The summed E-state index contributed by atoms with van der Waals surface area (Å²) in [4.78, 5) is 12.4. The van der Waals surface area contributed by atoms with Crippen LogP contribution in [0.1, 0.15) is 47.4 Å². The van der Waals surface area contributed by atoms with Crippen LogP contribution in [0.3, 0.4) is 0 Å². The number of carbonyl (C=O) groups is 1. The number of benzene rings is 2. The molecule has 1 aliphatic rings. The monoisotopic (exact) mass is 466 g/mol. The van der Waals surface area contributed by atoms with Gasteiger partial charge in [0.1, 0.15) is 11.5 Å². The number of aromatic nitrogens is 1. The number of nitrogens with one attached hydrogen (secondary N) is 1. The molecule has 0 unspecified atom stereocenters. The van der Waals surface area contributed by atoms with Crippen LogP contribution in [0.2, 0.25) is 0 Å². The molecule has 0 radical (unpaired) electrons. The molecule has 1 aromatic heterocycles. The zero-order valence-electron chi connectivity index (χ0n) is 16.3. The molecule has 0 bridgehead atoms. The molecule has 4 rings (SSSR count). The Morgan fingerprint density at radius 3 is 2.80 bits per heavy atom. The SMILES string of the molecule is O=C(NCc1cc(-c2cccc(Br)c2)no1)c1ccc(C#CC2CCCC2)c(F)c1. The van der Waals surface area contributed by atoms with Crippen LogP contribution in [-0.4, -0.2) is 11.1 Å². The van der Waals surface area contributed by atoms with E-state index in [0.717, 1.165) is 22.9 Å². The second kappa shape index (κ2) is 9.27.